The number of nitrogens with zero attached hydrogens (tertiary/aromatic N) is 3. The summed E-state index contributed by atoms with van der Waals surface area (Å²) in [5.74, 6) is -0.626. The summed E-state index contributed by atoms with van der Waals surface area (Å²) in [6.45, 7) is 3.82. The molecule has 0 radical (unpaired) electrons. The van der Waals surface area contributed by atoms with Crippen LogP contribution < -0.4 is 4.90 Å². The maximum atomic E-state index is 14.7. The number of amides is 2. The lowest BCUT2D eigenvalue weighted by atomic mass is 10.1. The number of benzene rings is 4. The van der Waals surface area contributed by atoms with E-state index in [1.54, 1.807) is 35.2 Å². The largest absolute Gasteiger partial charge is 0.336 e. The van der Waals surface area contributed by atoms with Crippen molar-refractivity contribution >= 4 is 29.3 Å². The van der Waals surface area contributed by atoms with E-state index >= 15 is 0 Å². The number of halogens is 1. The number of anilines is 1. The van der Waals surface area contributed by atoms with Crippen molar-refractivity contribution in [3.63, 3.8) is 0 Å². The standard InChI is InChI=1S/C32H28FN3O2S/c33-27-12-6-4-10-25(27)22-36-28-20-24(14-15-30(28)39-29-13-7-5-11-26(29)32(36)38)31(37)35-18-16-34(17-19-35)21-23-8-2-1-3-9-23/h1-15,20H,16-19,21-22H2. The Balaban J connectivity index is 1.26. The van der Waals surface area contributed by atoms with Gasteiger partial charge in [0.1, 0.15) is 5.82 Å². The molecule has 0 aromatic heterocycles. The maximum absolute atomic E-state index is 14.7. The van der Waals surface area contributed by atoms with Crippen LogP contribution in [0.15, 0.2) is 107 Å². The normalized spacial score (nSPS) is 15.5. The van der Waals surface area contributed by atoms with Crippen LogP contribution in [-0.4, -0.2) is 47.8 Å². The molecule has 39 heavy (non-hydrogen) atoms. The molecule has 0 atom stereocenters. The summed E-state index contributed by atoms with van der Waals surface area (Å²) in [6, 6.07) is 29.8. The molecule has 196 valence electrons. The second-order valence-corrected chi connectivity index (χ2v) is 10.9. The Hall–Kier alpha value is -3.94. The molecular weight excluding hydrogens is 509 g/mol. The molecule has 2 heterocycles. The van der Waals surface area contributed by atoms with Crippen LogP contribution in [0.5, 0.6) is 0 Å². The molecule has 0 spiro atoms. The van der Waals surface area contributed by atoms with E-state index < -0.39 is 0 Å². The fourth-order valence-electron chi connectivity index (χ4n) is 5.14. The summed E-state index contributed by atoms with van der Waals surface area (Å²) in [6.07, 6.45) is 0. The van der Waals surface area contributed by atoms with Crippen LogP contribution >= 0.6 is 11.8 Å². The zero-order valence-electron chi connectivity index (χ0n) is 21.4. The van der Waals surface area contributed by atoms with Gasteiger partial charge in [0.2, 0.25) is 0 Å². The molecule has 4 aromatic carbocycles. The SMILES string of the molecule is O=C(c1ccc2c(c1)N(Cc1ccccc1F)C(=O)c1ccccc1S2)N1CCN(Cc2ccccc2)CC1. The van der Waals surface area contributed by atoms with Crippen molar-refractivity contribution in [3.05, 3.63) is 125 Å². The third-order valence-corrected chi connectivity index (χ3v) is 8.42. The third kappa shape index (κ3) is 5.33. The first kappa shape index (κ1) is 25.3. The second-order valence-electron chi connectivity index (χ2n) is 9.82. The molecule has 0 unspecified atom stereocenters. The number of piperazine rings is 1. The van der Waals surface area contributed by atoms with Crippen LogP contribution in [0.4, 0.5) is 10.1 Å². The number of rotatable bonds is 5. The molecule has 1 saturated heterocycles. The summed E-state index contributed by atoms with van der Waals surface area (Å²) in [5, 5.41) is 0. The molecule has 0 N–H and O–H groups in total. The van der Waals surface area contributed by atoms with E-state index in [-0.39, 0.29) is 24.2 Å². The Morgan fingerprint density at radius 1 is 0.769 bits per heavy atom. The predicted molar refractivity (Wildman–Crippen MR) is 152 cm³/mol. The molecule has 2 amide bonds. The highest BCUT2D eigenvalue weighted by Crippen LogP contribution is 2.42. The number of hydrogen-bond donors (Lipinski definition) is 0. The lowest BCUT2D eigenvalue weighted by Crippen LogP contribution is -2.48. The Morgan fingerprint density at radius 3 is 2.28 bits per heavy atom. The fraction of sp³-hybridized carbons (Fsp3) is 0.188. The highest BCUT2D eigenvalue weighted by atomic mass is 32.2. The van der Waals surface area contributed by atoms with Crippen molar-refractivity contribution in [3.8, 4) is 0 Å². The molecule has 0 bridgehead atoms. The lowest BCUT2D eigenvalue weighted by molar-refractivity contribution is 0.0628. The van der Waals surface area contributed by atoms with E-state index in [1.165, 1.54) is 23.4 Å². The third-order valence-electron chi connectivity index (χ3n) is 7.27. The van der Waals surface area contributed by atoms with Crippen LogP contribution in [0.25, 0.3) is 0 Å². The number of fused-ring (bicyclic) bond motifs is 2. The molecule has 2 aliphatic heterocycles. The summed E-state index contributed by atoms with van der Waals surface area (Å²) in [5.41, 5.74) is 3.41. The maximum Gasteiger partial charge on any atom is 0.259 e. The lowest BCUT2D eigenvalue weighted by Gasteiger charge is -2.35. The minimum atomic E-state index is -0.363. The van der Waals surface area contributed by atoms with E-state index in [2.05, 4.69) is 17.0 Å². The van der Waals surface area contributed by atoms with Crippen molar-refractivity contribution in [2.24, 2.45) is 0 Å². The summed E-state index contributed by atoms with van der Waals surface area (Å²) >= 11 is 1.49. The van der Waals surface area contributed by atoms with Gasteiger partial charge in [-0.15, -0.1) is 0 Å². The average Bonchev–Trinajstić information content (AvgIpc) is 3.08. The van der Waals surface area contributed by atoms with Gasteiger partial charge >= 0.3 is 0 Å². The van der Waals surface area contributed by atoms with Crippen LogP contribution in [-0.2, 0) is 13.1 Å². The van der Waals surface area contributed by atoms with Crippen LogP contribution in [0.1, 0.15) is 31.8 Å². The highest BCUT2D eigenvalue weighted by molar-refractivity contribution is 7.99. The quantitative estimate of drug-likeness (QED) is 0.309. The molecule has 7 heteroatoms. The summed E-state index contributed by atoms with van der Waals surface area (Å²) in [4.78, 5) is 34.9. The minimum absolute atomic E-state index is 0.0535. The molecule has 0 aliphatic carbocycles. The average molecular weight is 538 g/mol. The van der Waals surface area contributed by atoms with E-state index in [0.717, 1.165) is 29.4 Å². The summed E-state index contributed by atoms with van der Waals surface area (Å²) in [7, 11) is 0. The van der Waals surface area contributed by atoms with Gasteiger partial charge in [-0.1, -0.05) is 72.4 Å². The van der Waals surface area contributed by atoms with Gasteiger partial charge in [-0.05, 0) is 42.0 Å². The van der Waals surface area contributed by atoms with Gasteiger partial charge in [0.25, 0.3) is 11.8 Å². The molecule has 5 nitrogen and oxygen atoms in total. The van der Waals surface area contributed by atoms with Crippen LogP contribution in [0.2, 0.25) is 0 Å². The van der Waals surface area contributed by atoms with Crippen molar-refractivity contribution in [2.45, 2.75) is 22.9 Å². The molecule has 6 rings (SSSR count). The Bertz CT molecular complexity index is 1520. The van der Waals surface area contributed by atoms with E-state index in [1.807, 2.05) is 53.4 Å². The Morgan fingerprint density at radius 2 is 1.49 bits per heavy atom. The van der Waals surface area contributed by atoms with Crippen molar-refractivity contribution in [1.82, 2.24) is 9.80 Å². The van der Waals surface area contributed by atoms with Gasteiger partial charge in [0, 0.05) is 53.6 Å². The number of hydrogen-bond acceptors (Lipinski definition) is 4. The Labute approximate surface area is 231 Å². The van der Waals surface area contributed by atoms with Crippen LogP contribution in [0, 0.1) is 5.82 Å². The van der Waals surface area contributed by atoms with Crippen molar-refractivity contribution < 1.29 is 14.0 Å². The zero-order chi connectivity index (χ0) is 26.8. The van der Waals surface area contributed by atoms with Gasteiger partial charge in [-0.2, -0.15) is 0 Å². The molecule has 2 aliphatic rings. The Kier molecular flexibility index (Phi) is 7.18. The first-order valence-corrected chi connectivity index (χ1v) is 13.9. The van der Waals surface area contributed by atoms with E-state index in [0.29, 0.717) is 35.5 Å². The molecular formula is C32H28FN3O2S. The van der Waals surface area contributed by atoms with Gasteiger partial charge < -0.3 is 9.80 Å². The fourth-order valence-corrected chi connectivity index (χ4v) is 6.20. The zero-order valence-corrected chi connectivity index (χ0v) is 22.2. The second kappa shape index (κ2) is 11.0. The van der Waals surface area contributed by atoms with E-state index in [4.69, 9.17) is 0 Å². The smallest absolute Gasteiger partial charge is 0.259 e. The minimum Gasteiger partial charge on any atom is -0.336 e. The summed E-state index contributed by atoms with van der Waals surface area (Å²) < 4.78 is 14.7. The van der Waals surface area contributed by atoms with Crippen molar-refractivity contribution in [2.75, 3.05) is 31.1 Å². The monoisotopic (exact) mass is 537 g/mol. The molecule has 1 fully saturated rings. The molecule has 4 aromatic rings. The topological polar surface area (TPSA) is 43.9 Å². The highest BCUT2D eigenvalue weighted by Gasteiger charge is 2.30. The number of carbonyl (C=O) groups excluding carboxylic acids is 2. The van der Waals surface area contributed by atoms with Gasteiger partial charge in [0.15, 0.2) is 0 Å². The first-order chi connectivity index (χ1) is 19.1. The van der Waals surface area contributed by atoms with Crippen molar-refractivity contribution in [1.29, 1.82) is 0 Å². The predicted octanol–water partition coefficient (Wildman–Crippen LogP) is 6.10. The number of carbonyl (C=O) groups is 2. The molecule has 0 saturated carbocycles. The van der Waals surface area contributed by atoms with Gasteiger partial charge in [-0.25, -0.2) is 4.39 Å². The van der Waals surface area contributed by atoms with Crippen LogP contribution in [0.3, 0.4) is 0 Å². The van der Waals surface area contributed by atoms with Gasteiger partial charge in [0.05, 0.1) is 17.8 Å². The van der Waals surface area contributed by atoms with Gasteiger partial charge in [-0.3, -0.25) is 14.5 Å². The van der Waals surface area contributed by atoms with E-state index in [9.17, 15) is 14.0 Å². The first-order valence-electron chi connectivity index (χ1n) is 13.1.